The normalized spacial score (nSPS) is 22.2. The molecule has 14 heteroatoms. The molecule has 4 aliphatic rings. The van der Waals surface area contributed by atoms with Crippen LogP contribution in [0.2, 0.25) is 10.3 Å². The van der Waals surface area contributed by atoms with Gasteiger partial charge in [-0.05, 0) is 74.8 Å². The summed E-state index contributed by atoms with van der Waals surface area (Å²) in [5, 5.41) is 27.5. The molecule has 7 heterocycles. The van der Waals surface area contributed by atoms with Crippen LogP contribution < -0.4 is 15.8 Å². The summed E-state index contributed by atoms with van der Waals surface area (Å²) in [5.74, 6) is 0.0106. The molecule has 8 bridgehead atoms. The zero-order valence-electron chi connectivity index (χ0n) is 25.8. The molecule has 248 valence electrons. The maximum atomic E-state index is 13.6. The molecule has 0 radical (unpaired) electrons. The van der Waals surface area contributed by atoms with Crippen molar-refractivity contribution < 1.29 is 28.6 Å². The molecule has 0 fully saturated rings. The third-order valence-corrected chi connectivity index (χ3v) is 10.9. The average Bonchev–Trinajstić information content (AvgIpc) is 3.81. The fraction of sp³-hybridized carbons (Fsp3) is 0.229. The largest absolute Gasteiger partial charge is 0.507 e. The van der Waals surface area contributed by atoms with Crippen molar-refractivity contribution in [3.05, 3.63) is 91.7 Å². The number of aromatic nitrogens is 3. The van der Waals surface area contributed by atoms with E-state index in [0.717, 1.165) is 22.0 Å². The SMILES string of the molecule is CC(C)[C@@H]1NC(=O)[C@@H](N)Cc2cc(Br)c(O)cc2[C@]23c4ccc(cc4OC2O)-c2cccc4[nH]c(Cl)c(c24)-c2oc(nc2Cl)-c2nc1oc23. The quantitative estimate of drug-likeness (QED) is 0.119. The topological polar surface area (TPSA) is 173 Å². The van der Waals surface area contributed by atoms with E-state index in [1.54, 1.807) is 6.07 Å². The van der Waals surface area contributed by atoms with Gasteiger partial charge in [0.25, 0.3) is 5.89 Å². The molecule has 1 amide bonds. The van der Waals surface area contributed by atoms with Gasteiger partial charge in [-0.1, -0.05) is 61.3 Å². The van der Waals surface area contributed by atoms with Gasteiger partial charge in [0.2, 0.25) is 18.1 Å². The number of benzene rings is 3. The number of aliphatic hydroxyl groups excluding tert-OH is 1. The summed E-state index contributed by atoms with van der Waals surface area (Å²) >= 11 is 17.1. The Bertz CT molecular complexity index is 2400. The number of fused-ring (bicyclic) bond motifs is 3. The van der Waals surface area contributed by atoms with Crippen LogP contribution >= 0.6 is 39.1 Å². The highest BCUT2D eigenvalue weighted by Gasteiger charge is 2.58. The summed E-state index contributed by atoms with van der Waals surface area (Å²) in [7, 11) is 0. The number of hydrogen-bond acceptors (Lipinski definition) is 9. The number of hydrogen-bond donors (Lipinski definition) is 5. The van der Waals surface area contributed by atoms with Crippen LogP contribution in [0.25, 0.3) is 44.9 Å². The molecule has 3 aromatic heterocycles. The molecule has 4 aliphatic heterocycles. The van der Waals surface area contributed by atoms with Crippen molar-refractivity contribution in [3.63, 3.8) is 0 Å². The summed E-state index contributed by atoms with van der Waals surface area (Å²) < 4.78 is 19.9. The van der Waals surface area contributed by atoms with Gasteiger partial charge in [0.15, 0.2) is 22.4 Å². The summed E-state index contributed by atoms with van der Waals surface area (Å²) in [6.07, 6.45) is -1.57. The van der Waals surface area contributed by atoms with E-state index in [1.807, 2.05) is 50.2 Å². The first kappa shape index (κ1) is 30.7. The first-order chi connectivity index (χ1) is 23.5. The lowest BCUT2D eigenvalue weighted by molar-refractivity contribution is -0.123. The number of rotatable bonds is 1. The second-order valence-electron chi connectivity index (χ2n) is 12.9. The van der Waals surface area contributed by atoms with Gasteiger partial charge in [0, 0.05) is 16.5 Å². The molecule has 4 atom stereocenters. The number of carbonyl (C=O) groups is 1. The fourth-order valence-corrected chi connectivity index (χ4v) is 8.32. The third kappa shape index (κ3) is 4.18. The number of amides is 1. The summed E-state index contributed by atoms with van der Waals surface area (Å²) in [6, 6.07) is 12.8. The number of aromatic hydroxyl groups is 1. The van der Waals surface area contributed by atoms with Crippen molar-refractivity contribution in [1.29, 1.82) is 0 Å². The lowest BCUT2D eigenvalue weighted by atomic mass is 9.69. The van der Waals surface area contributed by atoms with E-state index < -0.39 is 29.7 Å². The minimum absolute atomic E-state index is 0.0200. The molecule has 49 heavy (non-hydrogen) atoms. The van der Waals surface area contributed by atoms with Crippen LogP contribution in [-0.2, 0) is 16.6 Å². The monoisotopic (exact) mass is 761 g/mol. The molecular formula is C35H26BrCl2N5O6. The molecule has 0 saturated heterocycles. The number of nitrogens with one attached hydrogen (secondary N) is 2. The zero-order valence-corrected chi connectivity index (χ0v) is 28.9. The molecule has 6 N–H and O–H groups in total. The standard InChI is InChI=1S/C35H26BrCl2N5O6/c1-12(2)25-32-42-26-28(49-32)35(17-11-21(44)18(36)8-14(17)9-19(39)31(45)41-25)16-7-6-13(10-22(16)47-34(35)46)15-4-3-5-20-23(15)24(29(37)40-20)27-30(38)43-33(26)48-27/h3-8,10-12,19,25,34,40,44,46H,9,39H2,1-2H3,(H,41,45)/t19-,25-,34?,35-/m0/s1. The Morgan fingerprint density at radius 3 is 2.71 bits per heavy atom. The zero-order chi connectivity index (χ0) is 34.1. The van der Waals surface area contributed by atoms with E-state index >= 15 is 0 Å². The molecule has 3 aromatic carbocycles. The van der Waals surface area contributed by atoms with Crippen LogP contribution in [-0.4, -0.2) is 43.4 Å². The number of carbonyl (C=O) groups excluding carboxylic acids is 1. The average molecular weight is 763 g/mol. The van der Waals surface area contributed by atoms with Crippen molar-refractivity contribution in [1.82, 2.24) is 20.3 Å². The maximum absolute atomic E-state index is 13.6. The van der Waals surface area contributed by atoms with Crippen LogP contribution in [0.5, 0.6) is 11.5 Å². The number of nitrogens with two attached hydrogens (primary N) is 1. The van der Waals surface area contributed by atoms with Gasteiger partial charge < -0.3 is 39.8 Å². The van der Waals surface area contributed by atoms with Gasteiger partial charge in [-0.15, -0.1) is 0 Å². The number of ether oxygens (including phenoxy) is 1. The predicted octanol–water partition coefficient (Wildman–Crippen LogP) is 6.98. The number of phenols is 1. The molecule has 6 aromatic rings. The first-order valence-electron chi connectivity index (χ1n) is 15.5. The Hall–Kier alpha value is -4.33. The predicted molar refractivity (Wildman–Crippen MR) is 184 cm³/mol. The summed E-state index contributed by atoms with van der Waals surface area (Å²) in [5.41, 5.74) is 9.20. The Balaban J connectivity index is 1.49. The minimum Gasteiger partial charge on any atom is -0.507 e. The second kappa shape index (κ2) is 10.6. The van der Waals surface area contributed by atoms with Crippen molar-refractivity contribution in [2.45, 2.75) is 44.1 Å². The van der Waals surface area contributed by atoms with Crippen molar-refractivity contribution in [2.24, 2.45) is 11.7 Å². The number of aliphatic hydroxyl groups is 1. The van der Waals surface area contributed by atoms with Gasteiger partial charge in [0.1, 0.15) is 28.1 Å². The molecular weight excluding hydrogens is 737 g/mol. The van der Waals surface area contributed by atoms with Crippen LogP contribution in [0.1, 0.15) is 48.2 Å². The number of oxazole rings is 2. The smallest absolute Gasteiger partial charge is 0.250 e. The van der Waals surface area contributed by atoms with E-state index in [9.17, 15) is 15.0 Å². The molecule has 0 aliphatic carbocycles. The van der Waals surface area contributed by atoms with Crippen molar-refractivity contribution >= 4 is 55.9 Å². The number of phenolic OH excluding ortho intramolecular Hbond substituents is 1. The van der Waals surface area contributed by atoms with Crippen LogP contribution in [0, 0.1) is 5.92 Å². The molecule has 0 saturated carbocycles. The molecule has 11 nitrogen and oxygen atoms in total. The van der Waals surface area contributed by atoms with E-state index in [2.05, 4.69) is 31.2 Å². The number of aromatic amines is 1. The minimum atomic E-state index is -1.68. The highest BCUT2D eigenvalue weighted by Crippen LogP contribution is 2.57. The first-order valence-corrected chi connectivity index (χ1v) is 17.1. The number of nitrogens with zero attached hydrogens (tertiary/aromatic N) is 2. The van der Waals surface area contributed by atoms with Gasteiger partial charge in [-0.3, -0.25) is 4.79 Å². The Labute approximate surface area is 296 Å². The highest BCUT2D eigenvalue weighted by molar-refractivity contribution is 9.10. The second-order valence-corrected chi connectivity index (χ2v) is 14.5. The van der Waals surface area contributed by atoms with Crippen LogP contribution in [0.15, 0.2) is 61.8 Å². The van der Waals surface area contributed by atoms with E-state index in [0.29, 0.717) is 37.6 Å². The van der Waals surface area contributed by atoms with Gasteiger partial charge in [0.05, 0.1) is 16.1 Å². The van der Waals surface area contributed by atoms with E-state index in [4.69, 9.17) is 47.5 Å². The van der Waals surface area contributed by atoms with Gasteiger partial charge in [-0.2, -0.15) is 4.98 Å². The van der Waals surface area contributed by atoms with Crippen LogP contribution in [0.3, 0.4) is 0 Å². The molecule has 1 spiro atoms. The maximum Gasteiger partial charge on any atom is 0.250 e. The number of H-pyrrole nitrogens is 1. The fourth-order valence-electron chi connectivity index (χ4n) is 7.44. The molecule has 1 unspecified atom stereocenters. The van der Waals surface area contributed by atoms with Crippen LogP contribution in [0.4, 0.5) is 0 Å². The highest BCUT2D eigenvalue weighted by atomic mass is 79.9. The third-order valence-electron chi connectivity index (χ3n) is 9.73. The molecule has 10 rings (SSSR count). The Morgan fingerprint density at radius 2 is 1.92 bits per heavy atom. The van der Waals surface area contributed by atoms with E-state index in [-0.39, 0.29) is 52.2 Å². The van der Waals surface area contributed by atoms with Crippen molar-refractivity contribution in [3.8, 4) is 45.5 Å². The number of halogens is 3. The Kier molecular flexibility index (Phi) is 6.63. The lowest BCUT2D eigenvalue weighted by Crippen LogP contribution is -2.45. The van der Waals surface area contributed by atoms with Crippen molar-refractivity contribution in [2.75, 3.05) is 0 Å². The summed E-state index contributed by atoms with van der Waals surface area (Å²) in [6.45, 7) is 3.82. The van der Waals surface area contributed by atoms with E-state index in [1.165, 1.54) is 6.07 Å². The summed E-state index contributed by atoms with van der Waals surface area (Å²) in [4.78, 5) is 26.4. The van der Waals surface area contributed by atoms with Gasteiger partial charge in [-0.25, -0.2) is 4.98 Å². The lowest BCUT2D eigenvalue weighted by Gasteiger charge is -2.33. The van der Waals surface area contributed by atoms with Gasteiger partial charge >= 0.3 is 0 Å². The Morgan fingerprint density at radius 1 is 1.10 bits per heavy atom.